The maximum atomic E-state index is 12.1. The number of sulfonamides is 1. The third-order valence-corrected chi connectivity index (χ3v) is 6.61. The van der Waals surface area contributed by atoms with Crippen LogP contribution in [0.1, 0.15) is 0 Å². The number of hydrogen-bond donors (Lipinski definition) is 4. The Hall–Kier alpha value is -3.22. The molecule has 5 N–H and O–H groups in total. The second kappa shape index (κ2) is 8.26. The van der Waals surface area contributed by atoms with Crippen molar-refractivity contribution in [3.63, 3.8) is 0 Å². The van der Waals surface area contributed by atoms with E-state index in [4.69, 9.17) is 5.73 Å². The van der Waals surface area contributed by atoms with Crippen molar-refractivity contribution in [2.24, 2.45) is 0 Å². The topological polar surface area (TPSA) is 156 Å². The van der Waals surface area contributed by atoms with Gasteiger partial charge in [0.2, 0.25) is 10.0 Å². The molecule has 0 unspecified atom stereocenters. The zero-order valence-electron chi connectivity index (χ0n) is 16.1. The summed E-state index contributed by atoms with van der Waals surface area (Å²) in [6, 6.07) is 12.3. The zero-order chi connectivity index (χ0) is 21.9. The predicted octanol–water partition coefficient (Wildman–Crippen LogP) is 1.86. The summed E-state index contributed by atoms with van der Waals surface area (Å²) in [6.45, 7) is 0. The van der Waals surface area contributed by atoms with Crippen LogP contribution in [-0.2, 0) is 19.9 Å². The largest absolute Gasteiger partial charge is 0.399 e. The van der Waals surface area contributed by atoms with E-state index >= 15 is 0 Å². The summed E-state index contributed by atoms with van der Waals surface area (Å²) in [5.74, 6) is 0.712. The average molecular weight is 449 g/mol. The van der Waals surface area contributed by atoms with E-state index in [0.717, 1.165) is 11.9 Å². The summed E-state index contributed by atoms with van der Waals surface area (Å²) in [6.07, 6.45) is 2.32. The lowest BCUT2D eigenvalue weighted by molar-refractivity contribution is 0.587. The Bertz CT molecular complexity index is 1280. The molecule has 2 aromatic carbocycles. The van der Waals surface area contributed by atoms with Crippen LogP contribution in [0.4, 0.5) is 28.7 Å². The van der Waals surface area contributed by atoms with Crippen LogP contribution in [0.25, 0.3) is 0 Å². The van der Waals surface area contributed by atoms with Gasteiger partial charge in [0.25, 0.3) is 0 Å². The maximum Gasteiger partial charge on any atom is 0.240 e. The molecule has 0 bridgehead atoms. The number of aromatic nitrogens is 2. The van der Waals surface area contributed by atoms with E-state index in [9.17, 15) is 16.8 Å². The standard InChI is InChI=1S/C18H20N6O4S2/c1-20-30(27,28)14-7-8-16(29(2,25)26)15(9-14)24-18-10-17(21-11-22-18)23-13-5-3-12(19)4-6-13/h3-11,20H,19H2,1-2H3,(H2,21,22,23,24). The molecule has 30 heavy (non-hydrogen) atoms. The van der Waals surface area contributed by atoms with Crippen molar-refractivity contribution in [2.75, 3.05) is 29.7 Å². The third-order valence-electron chi connectivity index (χ3n) is 4.04. The molecule has 0 amide bonds. The Morgan fingerprint density at radius 1 is 0.867 bits per heavy atom. The van der Waals surface area contributed by atoms with Gasteiger partial charge in [0, 0.05) is 23.7 Å². The number of anilines is 5. The van der Waals surface area contributed by atoms with Gasteiger partial charge >= 0.3 is 0 Å². The van der Waals surface area contributed by atoms with E-state index in [2.05, 4.69) is 25.3 Å². The summed E-state index contributed by atoms with van der Waals surface area (Å²) in [7, 11) is -6.13. The zero-order valence-corrected chi connectivity index (χ0v) is 17.8. The van der Waals surface area contributed by atoms with Crippen LogP contribution in [0.2, 0.25) is 0 Å². The molecule has 10 nitrogen and oxygen atoms in total. The fourth-order valence-electron chi connectivity index (χ4n) is 2.56. The monoisotopic (exact) mass is 448 g/mol. The van der Waals surface area contributed by atoms with Crippen LogP contribution in [0.5, 0.6) is 0 Å². The second-order valence-electron chi connectivity index (χ2n) is 6.30. The highest BCUT2D eigenvalue weighted by molar-refractivity contribution is 7.91. The minimum atomic E-state index is -3.77. The molecule has 3 rings (SSSR count). The maximum absolute atomic E-state index is 12.1. The van der Waals surface area contributed by atoms with Crippen molar-refractivity contribution in [3.8, 4) is 0 Å². The summed E-state index contributed by atoms with van der Waals surface area (Å²) in [5.41, 5.74) is 7.11. The van der Waals surface area contributed by atoms with Gasteiger partial charge in [-0.1, -0.05) is 0 Å². The molecule has 0 aliphatic heterocycles. The van der Waals surface area contributed by atoms with Crippen LogP contribution in [-0.4, -0.2) is 40.1 Å². The molecule has 0 fully saturated rings. The van der Waals surface area contributed by atoms with Crippen LogP contribution < -0.4 is 21.1 Å². The van der Waals surface area contributed by atoms with E-state index < -0.39 is 19.9 Å². The van der Waals surface area contributed by atoms with E-state index in [1.165, 1.54) is 31.6 Å². The molecule has 0 spiro atoms. The van der Waals surface area contributed by atoms with Crippen molar-refractivity contribution in [2.45, 2.75) is 9.79 Å². The van der Waals surface area contributed by atoms with Gasteiger partial charge in [0.1, 0.15) is 18.0 Å². The van der Waals surface area contributed by atoms with Gasteiger partial charge in [-0.05, 0) is 49.5 Å². The molecule has 0 atom stereocenters. The quantitative estimate of drug-likeness (QED) is 0.396. The second-order valence-corrected chi connectivity index (χ2v) is 10.2. The highest BCUT2D eigenvalue weighted by Gasteiger charge is 2.19. The van der Waals surface area contributed by atoms with Gasteiger partial charge in [0.05, 0.1) is 15.5 Å². The highest BCUT2D eigenvalue weighted by Crippen LogP contribution is 2.28. The van der Waals surface area contributed by atoms with Crippen LogP contribution in [0, 0.1) is 0 Å². The first kappa shape index (κ1) is 21.5. The number of nitrogens with two attached hydrogens (primary N) is 1. The molecule has 1 heterocycles. The molecule has 1 aromatic heterocycles. The first-order valence-electron chi connectivity index (χ1n) is 8.58. The fraction of sp³-hybridized carbons (Fsp3) is 0.111. The minimum absolute atomic E-state index is 0.0655. The Balaban J connectivity index is 1.96. The number of nitrogens with zero attached hydrogens (tertiary/aromatic N) is 2. The Labute approximate surface area is 174 Å². The van der Waals surface area contributed by atoms with E-state index in [0.29, 0.717) is 11.5 Å². The highest BCUT2D eigenvalue weighted by atomic mass is 32.2. The first-order chi connectivity index (χ1) is 14.1. The van der Waals surface area contributed by atoms with Crippen molar-refractivity contribution in [3.05, 3.63) is 54.9 Å². The number of nitrogens with one attached hydrogen (secondary N) is 3. The predicted molar refractivity (Wildman–Crippen MR) is 115 cm³/mol. The lowest BCUT2D eigenvalue weighted by Gasteiger charge is -2.13. The average Bonchev–Trinajstić information content (AvgIpc) is 2.69. The number of rotatable bonds is 7. The molecule has 12 heteroatoms. The van der Waals surface area contributed by atoms with Gasteiger partial charge in [-0.2, -0.15) is 0 Å². The molecular formula is C18H20N6O4S2. The molecule has 3 aromatic rings. The SMILES string of the molecule is CNS(=O)(=O)c1ccc(S(C)(=O)=O)c(Nc2cc(Nc3ccc(N)cc3)ncn2)c1. The van der Waals surface area contributed by atoms with Crippen LogP contribution in [0.3, 0.4) is 0 Å². The molecule has 158 valence electrons. The van der Waals surface area contributed by atoms with Gasteiger partial charge in [-0.3, -0.25) is 0 Å². The Kier molecular flexibility index (Phi) is 5.92. The minimum Gasteiger partial charge on any atom is -0.399 e. The number of sulfone groups is 1. The Morgan fingerprint density at radius 2 is 1.50 bits per heavy atom. The summed E-state index contributed by atoms with van der Waals surface area (Å²) in [4.78, 5) is 8.05. The van der Waals surface area contributed by atoms with E-state index in [1.54, 1.807) is 30.3 Å². The number of nitrogen functional groups attached to an aromatic ring is 1. The van der Waals surface area contributed by atoms with Crippen molar-refractivity contribution in [1.29, 1.82) is 0 Å². The van der Waals surface area contributed by atoms with Crippen LogP contribution >= 0.6 is 0 Å². The fourth-order valence-corrected chi connectivity index (χ4v) is 4.14. The Morgan fingerprint density at radius 3 is 2.10 bits per heavy atom. The van der Waals surface area contributed by atoms with E-state index in [-0.39, 0.29) is 21.3 Å². The molecule has 0 aliphatic rings. The normalized spacial score (nSPS) is 11.8. The third kappa shape index (κ3) is 5.03. The summed E-state index contributed by atoms with van der Waals surface area (Å²) >= 11 is 0. The molecule has 0 aliphatic carbocycles. The number of benzene rings is 2. The van der Waals surface area contributed by atoms with Gasteiger partial charge in [0.15, 0.2) is 9.84 Å². The summed E-state index contributed by atoms with van der Waals surface area (Å²) < 4.78 is 50.7. The summed E-state index contributed by atoms with van der Waals surface area (Å²) in [5, 5.41) is 5.94. The van der Waals surface area contributed by atoms with Crippen LogP contribution in [0.15, 0.2) is 64.6 Å². The first-order valence-corrected chi connectivity index (χ1v) is 12.0. The molecule has 0 saturated heterocycles. The van der Waals surface area contributed by atoms with Gasteiger partial charge in [-0.25, -0.2) is 31.5 Å². The molecule has 0 radical (unpaired) electrons. The van der Waals surface area contributed by atoms with Gasteiger partial charge in [-0.15, -0.1) is 0 Å². The van der Waals surface area contributed by atoms with Crippen molar-refractivity contribution in [1.82, 2.24) is 14.7 Å². The lowest BCUT2D eigenvalue weighted by Crippen LogP contribution is -2.19. The molecular weight excluding hydrogens is 428 g/mol. The lowest BCUT2D eigenvalue weighted by atomic mass is 10.3. The van der Waals surface area contributed by atoms with Crippen molar-refractivity contribution < 1.29 is 16.8 Å². The van der Waals surface area contributed by atoms with Crippen molar-refractivity contribution >= 4 is 48.6 Å². The molecule has 0 saturated carbocycles. The van der Waals surface area contributed by atoms with E-state index in [1.807, 2.05) is 0 Å². The van der Waals surface area contributed by atoms with Gasteiger partial charge < -0.3 is 16.4 Å². The number of hydrogen-bond acceptors (Lipinski definition) is 9. The smallest absolute Gasteiger partial charge is 0.240 e.